The maximum absolute atomic E-state index is 11.8. The van der Waals surface area contributed by atoms with Gasteiger partial charge < -0.3 is 14.8 Å². The smallest absolute Gasteiger partial charge is 0.220 e. The van der Waals surface area contributed by atoms with Gasteiger partial charge in [-0.2, -0.15) is 0 Å². The molecule has 0 saturated heterocycles. The Bertz CT molecular complexity index is 647. The third-order valence-electron chi connectivity index (χ3n) is 3.99. The average molecular weight is 330 g/mol. The van der Waals surface area contributed by atoms with E-state index >= 15 is 0 Å². The summed E-state index contributed by atoms with van der Waals surface area (Å²) in [7, 11) is 0. The highest BCUT2D eigenvalue weighted by atomic mass is 16.4. The molecule has 2 rings (SSSR count). The van der Waals surface area contributed by atoms with Crippen LogP contribution >= 0.6 is 0 Å². The Morgan fingerprint density at radius 2 is 2.00 bits per heavy atom. The Labute approximate surface area is 143 Å². The van der Waals surface area contributed by atoms with E-state index in [0.717, 1.165) is 5.56 Å². The van der Waals surface area contributed by atoms with Gasteiger partial charge in [-0.05, 0) is 19.3 Å². The van der Waals surface area contributed by atoms with Gasteiger partial charge in [-0.15, -0.1) is 0 Å². The van der Waals surface area contributed by atoms with Crippen LogP contribution in [0, 0.1) is 12.8 Å². The first kappa shape index (κ1) is 18.2. The molecule has 1 unspecified atom stereocenters. The number of aryl methyl sites for hydroxylation is 2. The molecule has 0 radical (unpaired) electrons. The summed E-state index contributed by atoms with van der Waals surface area (Å²) in [6.45, 7) is 6.44. The molecule has 24 heavy (non-hydrogen) atoms. The Hall–Kier alpha value is -2.14. The van der Waals surface area contributed by atoms with E-state index in [2.05, 4.69) is 10.3 Å². The highest BCUT2D eigenvalue weighted by molar-refractivity contribution is 5.76. The van der Waals surface area contributed by atoms with E-state index in [0.29, 0.717) is 37.5 Å². The molecule has 0 fully saturated rings. The van der Waals surface area contributed by atoms with Crippen molar-refractivity contribution in [2.24, 2.45) is 5.92 Å². The van der Waals surface area contributed by atoms with Crippen LogP contribution in [0.25, 0.3) is 11.3 Å². The number of benzene rings is 1. The molecule has 0 bridgehead atoms. The van der Waals surface area contributed by atoms with Crippen molar-refractivity contribution in [2.75, 3.05) is 6.54 Å². The predicted molar refractivity (Wildman–Crippen MR) is 93.5 cm³/mol. The van der Waals surface area contributed by atoms with Crippen LogP contribution in [0.1, 0.15) is 38.1 Å². The normalized spacial score (nSPS) is 12.4. The van der Waals surface area contributed by atoms with Gasteiger partial charge in [0.15, 0.2) is 11.7 Å². The molecule has 0 aliphatic heterocycles. The van der Waals surface area contributed by atoms with E-state index in [-0.39, 0.29) is 17.9 Å². The van der Waals surface area contributed by atoms with Crippen molar-refractivity contribution < 1.29 is 14.3 Å². The van der Waals surface area contributed by atoms with Crippen LogP contribution in [-0.2, 0) is 11.2 Å². The third-order valence-corrected chi connectivity index (χ3v) is 3.99. The minimum absolute atomic E-state index is 0.0546. The highest BCUT2D eigenvalue weighted by Gasteiger charge is 2.11. The molecule has 2 N–H and O–H groups in total. The standard InChI is InChI=1S/C19H26N2O3/c1-13(2)16(22)10-11-20-18(23)8-9-19-21-12-17(24-19)15-6-4-14(3)5-7-15/h4-7,12-13,16,22H,8-11H2,1-3H3,(H,20,23). The number of oxazole rings is 1. The van der Waals surface area contributed by atoms with Gasteiger partial charge in [-0.25, -0.2) is 4.98 Å². The van der Waals surface area contributed by atoms with Crippen LogP contribution in [0.5, 0.6) is 0 Å². The zero-order valence-corrected chi connectivity index (χ0v) is 14.6. The maximum atomic E-state index is 11.8. The van der Waals surface area contributed by atoms with Crippen molar-refractivity contribution >= 4 is 5.91 Å². The van der Waals surface area contributed by atoms with Gasteiger partial charge in [0.1, 0.15) is 0 Å². The second-order valence-electron chi connectivity index (χ2n) is 6.43. The summed E-state index contributed by atoms with van der Waals surface area (Å²) in [6.07, 6.45) is 2.67. The van der Waals surface area contributed by atoms with E-state index < -0.39 is 0 Å². The van der Waals surface area contributed by atoms with Gasteiger partial charge >= 0.3 is 0 Å². The van der Waals surface area contributed by atoms with Crippen molar-refractivity contribution in [1.29, 1.82) is 0 Å². The lowest BCUT2D eigenvalue weighted by atomic mass is 10.0. The quantitative estimate of drug-likeness (QED) is 0.780. The van der Waals surface area contributed by atoms with Crippen LogP contribution in [-0.4, -0.2) is 28.6 Å². The first-order chi connectivity index (χ1) is 11.5. The molecule has 0 spiro atoms. The van der Waals surface area contributed by atoms with Crippen LogP contribution in [0.2, 0.25) is 0 Å². The fourth-order valence-electron chi connectivity index (χ4n) is 2.28. The number of aliphatic hydroxyl groups is 1. The molecule has 5 nitrogen and oxygen atoms in total. The van der Waals surface area contributed by atoms with Crippen molar-refractivity contribution in [3.8, 4) is 11.3 Å². The number of carbonyl (C=O) groups excluding carboxylic acids is 1. The fourth-order valence-corrected chi connectivity index (χ4v) is 2.28. The Kier molecular flexibility index (Phi) is 6.55. The molecule has 0 aliphatic carbocycles. The SMILES string of the molecule is Cc1ccc(-c2cnc(CCC(=O)NCCC(O)C(C)C)o2)cc1. The van der Waals surface area contributed by atoms with Crippen LogP contribution in [0.15, 0.2) is 34.9 Å². The largest absolute Gasteiger partial charge is 0.441 e. The molecule has 1 heterocycles. The molecule has 5 heteroatoms. The van der Waals surface area contributed by atoms with Crippen molar-refractivity contribution in [2.45, 2.75) is 46.1 Å². The molecule has 0 aliphatic rings. The second-order valence-corrected chi connectivity index (χ2v) is 6.43. The van der Waals surface area contributed by atoms with Gasteiger partial charge in [-0.3, -0.25) is 4.79 Å². The van der Waals surface area contributed by atoms with Gasteiger partial charge in [0.05, 0.1) is 12.3 Å². The summed E-state index contributed by atoms with van der Waals surface area (Å²) < 4.78 is 5.70. The lowest BCUT2D eigenvalue weighted by Gasteiger charge is -2.14. The number of aromatic nitrogens is 1. The van der Waals surface area contributed by atoms with Gasteiger partial charge in [-0.1, -0.05) is 43.7 Å². The summed E-state index contributed by atoms with van der Waals surface area (Å²) in [4.78, 5) is 16.1. The molecular weight excluding hydrogens is 304 g/mol. The summed E-state index contributed by atoms with van der Waals surface area (Å²) in [6, 6.07) is 8.03. The second kappa shape index (κ2) is 8.64. The molecule has 130 valence electrons. The minimum Gasteiger partial charge on any atom is -0.441 e. The van der Waals surface area contributed by atoms with Crippen LogP contribution < -0.4 is 5.32 Å². The molecule has 0 saturated carbocycles. The van der Waals surface area contributed by atoms with Crippen molar-refractivity contribution in [1.82, 2.24) is 10.3 Å². The summed E-state index contributed by atoms with van der Waals surface area (Å²) in [5, 5.41) is 12.5. The van der Waals surface area contributed by atoms with Crippen molar-refractivity contribution in [3.63, 3.8) is 0 Å². The monoisotopic (exact) mass is 330 g/mol. The van der Waals surface area contributed by atoms with Crippen LogP contribution in [0.3, 0.4) is 0 Å². The van der Waals surface area contributed by atoms with Gasteiger partial charge in [0, 0.05) is 24.9 Å². The number of nitrogens with one attached hydrogen (secondary N) is 1. The Morgan fingerprint density at radius 1 is 1.29 bits per heavy atom. The first-order valence-electron chi connectivity index (χ1n) is 8.42. The number of amides is 1. The van der Waals surface area contributed by atoms with E-state index in [1.165, 1.54) is 5.56 Å². The zero-order chi connectivity index (χ0) is 17.5. The van der Waals surface area contributed by atoms with Gasteiger partial charge in [0.2, 0.25) is 5.91 Å². The van der Waals surface area contributed by atoms with E-state index in [4.69, 9.17) is 4.42 Å². The molecule has 2 aromatic rings. The lowest BCUT2D eigenvalue weighted by Crippen LogP contribution is -2.28. The molecular formula is C19H26N2O3. The maximum Gasteiger partial charge on any atom is 0.220 e. The minimum atomic E-state index is -0.380. The van der Waals surface area contributed by atoms with Gasteiger partial charge in [0.25, 0.3) is 0 Å². The number of hydrogen-bond acceptors (Lipinski definition) is 4. The predicted octanol–water partition coefficient (Wildman–Crippen LogP) is 3.11. The number of rotatable bonds is 8. The molecule has 1 aromatic carbocycles. The summed E-state index contributed by atoms with van der Waals surface area (Å²) in [5.41, 5.74) is 2.17. The number of hydrogen-bond donors (Lipinski definition) is 2. The molecule has 1 atom stereocenters. The molecule has 1 amide bonds. The summed E-state index contributed by atoms with van der Waals surface area (Å²) in [5.74, 6) is 1.42. The van der Waals surface area contributed by atoms with E-state index in [9.17, 15) is 9.90 Å². The van der Waals surface area contributed by atoms with E-state index in [1.54, 1.807) is 6.20 Å². The zero-order valence-electron chi connectivity index (χ0n) is 14.6. The average Bonchev–Trinajstić information content (AvgIpc) is 3.02. The first-order valence-corrected chi connectivity index (χ1v) is 8.42. The Morgan fingerprint density at radius 3 is 2.67 bits per heavy atom. The number of nitrogens with zero attached hydrogens (tertiary/aromatic N) is 1. The lowest BCUT2D eigenvalue weighted by molar-refractivity contribution is -0.121. The molecule has 1 aromatic heterocycles. The Balaban J connectivity index is 1.76. The fraction of sp³-hybridized carbons (Fsp3) is 0.474. The summed E-state index contributed by atoms with van der Waals surface area (Å²) >= 11 is 0. The van der Waals surface area contributed by atoms with Crippen LogP contribution in [0.4, 0.5) is 0 Å². The highest BCUT2D eigenvalue weighted by Crippen LogP contribution is 2.21. The topological polar surface area (TPSA) is 75.4 Å². The number of aliphatic hydroxyl groups excluding tert-OH is 1. The number of carbonyl (C=O) groups is 1. The van der Waals surface area contributed by atoms with E-state index in [1.807, 2.05) is 45.0 Å². The third kappa shape index (κ3) is 5.49. The van der Waals surface area contributed by atoms with Crippen molar-refractivity contribution in [3.05, 3.63) is 41.9 Å².